The first-order valence-electron chi connectivity index (χ1n) is 8.17. The third-order valence-corrected chi connectivity index (χ3v) is 6.12. The highest BCUT2D eigenvalue weighted by atomic mass is 32.2. The Morgan fingerprint density at radius 2 is 2.14 bits per heavy atom. The molecule has 0 bridgehead atoms. The first kappa shape index (κ1) is 13.5. The largest absolute Gasteiger partial charge is 0.399 e. The summed E-state index contributed by atoms with van der Waals surface area (Å²) in [5, 5.41) is 0.752. The summed E-state index contributed by atoms with van der Waals surface area (Å²) in [5.74, 6) is 3.22. The number of imidazole rings is 1. The average molecular weight is 301 g/mol. The second kappa shape index (κ2) is 5.24. The number of anilines is 1. The van der Waals surface area contributed by atoms with Gasteiger partial charge < -0.3 is 10.3 Å². The van der Waals surface area contributed by atoms with E-state index < -0.39 is 0 Å². The van der Waals surface area contributed by atoms with Crippen LogP contribution >= 0.6 is 11.8 Å². The van der Waals surface area contributed by atoms with Crippen molar-refractivity contribution in [2.24, 2.45) is 0 Å². The van der Waals surface area contributed by atoms with E-state index >= 15 is 0 Å². The van der Waals surface area contributed by atoms with E-state index in [1.54, 1.807) is 0 Å². The first-order chi connectivity index (χ1) is 10.3. The van der Waals surface area contributed by atoms with Gasteiger partial charge in [0.25, 0.3) is 0 Å². The molecule has 2 atom stereocenters. The summed E-state index contributed by atoms with van der Waals surface area (Å²) in [6.07, 6.45) is 6.60. The van der Waals surface area contributed by atoms with Gasteiger partial charge in [0.15, 0.2) is 0 Å². The van der Waals surface area contributed by atoms with Crippen LogP contribution in [-0.4, -0.2) is 20.6 Å². The van der Waals surface area contributed by atoms with Crippen LogP contribution in [0, 0.1) is 0 Å². The van der Waals surface area contributed by atoms with Gasteiger partial charge in [-0.2, -0.15) is 11.8 Å². The fraction of sp³-hybridized carbons (Fsp3) is 0.588. The minimum absolute atomic E-state index is 0.624. The third-order valence-electron chi connectivity index (χ3n) is 4.81. The number of thioether (sulfide) groups is 1. The van der Waals surface area contributed by atoms with Crippen LogP contribution in [0.15, 0.2) is 18.2 Å². The molecule has 0 amide bonds. The Labute approximate surface area is 130 Å². The SMILES string of the molecule is CCSC1CCCC1n1c(C2CC2)nc2cc(N)ccc21. The predicted octanol–water partition coefficient (Wildman–Crippen LogP) is 4.34. The third kappa shape index (κ3) is 2.33. The van der Waals surface area contributed by atoms with Crippen molar-refractivity contribution in [3.8, 4) is 0 Å². The van der Waals surface area contributed by atoms with E-state index in [0.717, 1.165) is 16.5 Å². The Hall–Kier alpha value is -1.16. The van der Waals surface area contributed by atoms with Crippen molar-refractivity contribution in [1.29, 1.82) is 0 Å². The van der Waals surface area contributed by atoms with Crippen LogP contribution in [0.2, 0.25) is 0 Å². The van der Waals surface area contributed by atoms with Gasteiger partial charge in [0.1, 0.15) is 5.82 Å². The minimum atomic E-state index is 0.624. The molecule has 2 unspecified atom stereocenters. The maximum atomic E-state index is 5.95. The van der Waals surface area contributed by atoms with Crippen molar-refractivity contribution in [2.45, 2.75) is 56.2 Å². The fourth-order valence-electron chi connectivity index (χ4n) is 3.72. The number of rotatable bonds is 4. The molecule has 21 heavy (non-hydrogen) atoms. The van der Waals surface area contributed by atoms with Gasteiger partial charge in [-0.1, -0.05) is 13.3 Å². The van der Waals surface area contributed by atoms with Gasteiger partial charge in [-0.3, -0.25) is 0 Å². The number of fused-ring (bicyclic) bond motifs is 1. The fourth-order valence-corrected chi connectivity index (χ4v) is 4.96. The Morgan fingerprint density at radius 3 is 2.90 bits per heavy atom. The number of nitrogens with zero attached hydrogens (tertiary/aromatic N) is 2. The van der Waals surface area contributed by atoms with E-state index in [2.05, 4.69) is 29.3 Å². The van der Waals surface area contributed by atoms with Crippen LogP contribution in [0.3, 0.4) is 0 Å². The van der Waals surface area contributed by atoms with Gasteiger partial charge in [0.05, 0.1) is 11.0 Å². The molecule has 2 fully saturated rings. The van der Waals surface area contributed by atoms with Crippen molar-refractivity contribution in [3.63, 3.8) is 0 Å². The van der Waals surface area contributed by atoms with E-state index in [-0.39, 0.29) is 0 Å². The van der Waals surface area contributed by atoms with Crippen molar-refractivity contribution in [1.82, 2.24) is 9.55 Å². The van der Waals surface area contributed by atoms with Crippen molar-refractivity contribution in [3.05, 3.63) is 24.0 Å². The first-order valence-corrected chi connectivity index (χ1v) is 9.21. The van der Waals surface area contributed by atoms with Crippen molar-refractivity contribution in [2.75, 3.05) is 11.5 Å². The number of hydrogen-bond donors (Lipinski definition) is 1. The Balaban J connectivity index is 1.83. The number of aromatic nitrogens is 2. The van der Waals surface area contributed by atoms with Crippen molar-refractivity contribution < 1.29 is 0 Å². The molecular weight excluding hydrogens is 278 g/mol. The average Bonchev–Trinajstić information content (AvgIpc) is 3.11. The highest BCUT2D eigenvalue weighted by molar-refractivity contribution is 7.99. The van der Waals surface area contributed by atoms with E-state index in [1.807, 2.05) is 12.1 Å². The predicted molar refractivity (Wildman–Crippen MR) is 90.9 cm³/mol. The summed E-state index contributed by atoms with van der Waals surface area (Å²) < 4.78 is 2.58. The van der Waals surface area contributed by atoms with Gasteiger partial charge in [-0.15, -0.1) is 0 Å². The molecule has 1 heterocycles. The van der Waals surface area contributed by atoms with E-state index in [0.29, 0.717) is 12.0 Å². The highest BCUT2D eigenvalue weighted by Crippen LogP contribution is 2.46. The maximum Gasteiger partial charge on any atom is 0.113 e. The zero-order chi connectivity index (χ0) is 14.4. The highest BCUT2D eigenvalue weighted by Gasteiger charge is 2.36. The molecule has 4 rings (SSSR count). The number of benzene rings is 1. The van der Waals surface area contributed by atoms with Gasteiger partial charge in [-0.05, 0) is 49.6 Å². The van der Waals surface area contributed by atoms with Crippen LogP contribution in [-0.2, 0) is 0 Å². The van der Waals surface area contributed by atoms with Crippen LogP contribution in [0.25, 0.3) is 11.0 Å². The van der Waals surface area contributed by atoms with E-state index in [1.165, 1.54) is 49.2 Å². The van der Waals surface area contributed by atoms with Crippen LogP contribution < -0.4 is 5.73 Å². The second-order valence-corrected chi connectivity index (χ2v) is 7.87. The smallest absolute Gasteiger partial charge is 0.113 e. The van der Waals surface area contributed by atoms with E-state index in [9.17, 15) is 0 Å². The lowest BCUT2D eigenvalue weighted by Gasteiger charge is -2.23. The summed E-state index contributed by atoms with van der Waals surface area (Å²) in [4.78, 5) is 4.95. The lowest BCUT2D eigenvalue weighted by atomic mass is 10.2. The molecule has 0 aliphatic heterocycles. The van der Waals surface area contributed by atoms with E-state index in [4.69, 9.17) is 10.7 Å². The minimum Gasteiger partial charge on any atom is -0.399 e. The summed E-state index contributed by atoms with van der Waals surface area (Å²) in [6.45, 7) is 2.27. The summed E-state index contributed by atoms with van der Waals surface area (Å²) in [5.41, 5.74) is 9.15. The van der Waals surface area contributed by atoms with Crippen LogP contribution in [0.1, 0.15) is 56.8 Å². The molecule has 0 saturated heterocycles. The second-order valence-electron chi connectivity index (χ2n) is 6.35. The lowest BCUT2D eigenvalue weighted by molar-refractivity contribution is 0.520. The van der Waals surface area contributed by atoms with Gasteiger partial charge in [0.2, 0.25) is 0 Å². The molecule has 0 spiro atoms. The van der Waals surface area contributed by atoms with Gasteiger partial charge in [0, 0.05) is 22.9 Å². The van der Waals surface area contributed by atoms with Gasteiger partial charge in [-0.25, -0.2) is 4.98 Å². The topological polar surface area (TPSA) is 43.8 Å². The molecule has 4 heteroatoms. The summed E-state index contributed by atoms with van der Waals surface area (Å²) in [7, 11) is 0. The summed E-state index contributed by atoms with van der Waals surface area (Å²) in [6, 6.07) is 6.86. The molecule has 2 aromatic rings. The molecule has 2 aliphatic carbocycles. The molecular formula is C17H23N3S. The molecule has 112 valence electrons. The van der Waals surface area contributed by atoms with Crippen LogP contribution in [0.5, 0.6) is 0 Å². The number of nitrogens with two attached hydrogens (primary N) is 1. The zero-order valence-electron chi connectivity index (χ0n) is 12.6. The Kier molecular flexibility index (Phi) is 3.37. The Morgan fingerprint density at radius 1 is 1.29 bits per heavy atom. The quantitative estimate of drug-likeness (QED) is 0.854. The maximum absolute atomic E-state index is 5.95. The lowest BCUT2D eigenvalue weighted by Crippen LogP contribution is -2.18. The van der Waals surface area contributed by atoms with Crippen molar-refractivity contribution >= 4 is 28.5 Å². The standard InChI is InChI=1S/C17H23N3S/c1-2-21-16-5-3-4-15(16)20-14-9-8-12(18)10-13(14)19-17(20)11-6-7-11/h8-11,15-16H,2-7,18H2,1H3. The monoisotopic (exact) mass is 301 g/mol. The zero-order valence-corrected chi connectivity index (χ0v) is 13.4. The Bertz CT molecular complexity index is 659. The molecule has 1 aromatic heterocycles. The summed E-state index contributed by atoms with van der Waals surface area (Å²) >= 11 is 2.12. The molecule has 2 saturated carbocycles. The normalized spacial score (nSPS) is 25.8. The van der Waals surface area contributed by atoms with Gasteiger partial charge >= 0.3 is 0 Å². The molecule has 3 nitrogen and oxygen atoms in total. The molecule has 0 radical (unpaired) electrons. The molecule has 2 aliphatic rings. The van der Waals surface area contributed by atoms with Crippen LogP contribution in [0.4, 0.5) is 5.69 Å². The molecule has 2 N–H and O–H groups in total. The number of hydrogen-bond acceptors (Lipinski definition) is 3. The number of nitrogen functional groups attached to an aromatic ring is 1. The molecule has 1 aromatic carbocycles.